The summed E-state index contributed by atoms with van der Waals surface area (Å²) in [6.07, 6.45) is -0.111. The first kappa shape index (κ1) is 26.1. The monoisotopic (exact) mass is 558 g/mol. The number of methoxy groups -OCH3 is 1. The van der Waals surface area contributed by atoms with E-state index in [9.17, 15) is 8.42 Å². The number of sulfonamides is 1. The number of aliphatic imine (C=N–C) groups is 1. The van der Waals surface area contributed by atoms with Gasteiger partial charge in [-0.2, -0.15) is 11.8 Å². The van der Waals surface area contributed by atoms with Gasteiger partial charge in [0.05, 0.1) is 19.4 Å². The topological polar surface area (TPSA) is 92.3 Å². The zero-order chi connectivity index (χ0) is 20.4. The predicted molar refractivity (Wildman–Crippen MR) is 131 cm³/mol. The molecule has 166 valence electrons. The number of hydrogen-bond donors (Lipinski definition) is 2. The average Bonchev–Trinajstić information content (AvgIpc) is 2.71. The van der Waals surface area contributed by atoms with E-state index in [-0.39, 0.29) is 35.8 Å². The Labute approximate surface area is 195 Å². The number of guanidine groups is 1. The minimum Gasteiger partial charge on any atom is -0.497 e. The molecule has 1 saturated heterocycles. The highest BCUT2D eigenvalue weighted by Gasteiger charge is 2.23. The van der Waals surface area contributed by atoms with Crippen molar-refractivity contribution in [2.75, 3.05) is 57.6 Å². The molecule has 2 N–H and O–H groups in total. The van der Waals surface area contributed by atoms with Crippen LogP contribution < -0.4 is 20.1 Å². The van der Waals surface area contributed by atoms with Gasteiger partial charge in [0.1, 0.15) is 17.6 Å². The Hall–Kier alpha value is -0.920. The SMILES string of the molecule is CN=C(NCCS(=O)(=O)N1CCSCC1)NCC(C)Oc1cccc(OC)c1.I. The van der Waals surface area contributed by atoms with Crippen LogP contribution in [0, 0.1) is 0 Å². The summed E-state index contributed by atoms with van der Waals surface area (Å²) in [6, 6.07) is 7.43. The third-order valence-electron chi connectivity index (χ3n) is 4.17. The molecule has 0 aromatic heterocycles. The van der Waals surface area contributed by atoms with Gasteiger partial charge >= 0.3 is 0 Å². The number of hydrogen-bond acceptors (Lipinski definition) is 6. The molecule has 1 aromatic rings. The Balaban J connectivity index is 0.00000420. The molecule has 1 aromatic carbocycles. The van der Waals surface area contributed by atoms with Gasteiger partial charge in [-0.1, -0.05) is 6.07 Å². The highest BCUT2D eigenvalue weighted by Crippen LogP contribution is 2.19. The molecule has 8 nitrogen and oxygen atoms in total. The number of benzene rings is 1. The number of halogens is 1. The quantitative estimate of drug-likeness (QED) is 0.271. The number of rotatable bonds is 9. The lowest BCUT2D eigenvalue weighted by Crippen LogP contribution is -2.45. The lowest BCUT2D eigenvalue weighted by molar-refractivity contribution is 0.223. The number of nitrogens with zero attached hydrogens (tertiary/aromatic N) is 2. The summed E-state index contributed by atoms with van der Waals surface area (Å²) in [4.78, 5) is 4.13. The van der Waals surface area contributed by atoms with Gasteiger partial charge in [0.25, 0.3) is 0 Å². The summed E-state index contributed by atoms with van der Waals surface area (Å²) >= 11 is 1.79. The van der Waals surface area contributed by atoms with E-state index >= 15 is 0 Å². The van der Waals surface area contributed by atoms with Gasteiger partial charge in [-0.3, -0.25) is 4.99 Å². The van der Waals surface area contributed by atoms with E-state index in [1.54, 1.807) is 30.2 Å². The van der Waals surface area contributed by atoms with Crippen molar-refractivity contribution in [3.63, 3.8) is 0 Å². The summed E-state index contributed by atoms with van der Waals surface area (Å²) in [7, 11) is 0.0397. The molecule has 2 rings (SSSR count). The maximum atomic E-state index is 12.4. The molecular weight excluding hydrogens is 527 g/mol. The van der Waals surface area contributed by atoms with Crippen molar-refractivity contribution in [2.24, 2.45) is 4.99 Å². The molecule has 0 bridgehead atoms. The number of ether oxygens (including phenoxy) is 2. The van der Waals surface area contributed by atoms with Crippen LogP contribution in [0.1, 0.15) is 6.92 Å². The van der Waals surface area contributed by atoms with Gasteiger partial charge in [-0.25, -0.2) is 12.7 Å². The molecule has 1 fully saturated rings. The Morgan fingerprint density at radius 3 is 2.62 bits per heavy atom. The predicted octanol–water partition coefficient (Wildman–Crippen LogP) is 1.62. The molecule has 1 heterocycles. The van der Waals surface area contributed by atoms with E-state index in [1.807, 2.05) is 31.2 Å². The summed E-state index contributed by atoms with van der Waals surface area (Å²) in [5, 5.41) is 6.21. The first-order valence-corrected chi connectivity index (χ1v) is 12.0. The van der Waals surface area contributed by atoms with Crippen LogP contribution in [0.15, 0.2) is 29.3 Å². The maximum Gasteiger partial charge on any atom is 0.215 e. The fraction of sp³-hybridized carbons (Fsp3) is 0.611. The molecule has 0 amide bonds. The molecule has 0 aliphatic carbocycles. The van der Waals surface area contributed by atoms with Crippen LogP contribution in [-0.2, 0) is 10.0 Å². The largest absolute Gasteiger partial charge is 0.497 e. The van der Waals surface area contributed by atoms with Gasteiger partial charge in [-0.05, 0) is 19.1 Å². The highest BCUT2D eigenvalue weighted by molar-refractivity contribution is 14.0. The van der Waals surface area contributed by atoms with Gasteiger partial charge in [0, 0.05) is 44.3 Å². The van der Waals surface area contributed by atoms with Crippen molar-refractivity contribution < 1.29 is 17.9 Å². The van der Waals surface area contributed by atoms with Crippen molar-refractivity contribution in [1.29, 1.82) is 0 Å². The summed E-state index contributed by atoms with van der Waals surface area (Å²) in [6.45, 7) is 3.96. The highest BCUT2D eigenvalue weighted by atomic mass is 127. The molecule has 1 unspecified atom stereocenters. The van der Waals surface area contributed by atoms with Gasteiger partial charge in [-0.15, -0.1) is 24.0 Å². The van der Waals surface area contributed by atoms with Crippen molar-refractivity contribution in [3.8, 4) is 11.5 Å². The van der Waals surface area contributed by atoms with Crippen LogP contribution in [0.2, 0.25) is 0 Å². The van der Waals surface area contributed by atoms with E-state index in [1.165, 1.54) is 0 Å². The van der Waals surface area contributed by atoms with Crippen molar-refractivity contribution in [1.82, 2.24) is 14.9 Å². The smallest absolute Gasteiger partial charge is 0.215 e. The molecule has 11 heteroatoms. The van der Waals surface area contributed by atoms with Crippen LogP contribution >= 0.6 is 35.7 Å². The van der Waals surface area contributed by atoms with E-state index in [0.29, 0.717) is 32.1 Å². The Kier molecular flexibility index (Phi) is 12.1. The third kappa shape index (κ3) is 9.18. The van der Waals surface area contributed by atoms with Crippen molar-refractivity contribution in [3.05, 3.63) is 24.3 Å². The Morgan fingerprint density at radius 1 is 1.28 bits per heavy atom. The van der Waals surface area contributed by atoms with E-state index in [2.05, 4.69) is 15.6 Å². The molecule has 1 aliphatic heterocycles. The van der Waals surface area contributed by atoms with Crippen LogP contribution in [0.3, 0.4) is 0 Å². The standard InChI is InChI=1S/C18H30N4O4S2.HI/c1-15(26-17-6-4-5-16(13-17)25-3)14-21-18(19-2)20-7-12-28(23,24)22-8-10-27-11-9-22;/h4-6,13,15H,7-12,14H2,1-3H3,(H2,19,20,21);1H. The van der Waals surface area contributed by atoms with Crippen LogP contribution in [0.4, 0.5) is 0 Å². The normalized spacial score (nSPS) is 16.4. The second kappa shape index (κ2) is 13.4. The van der Waals surface area contributed by atoms with Crippen LogP contribution in [-0.4, -0.2) is 82.4 Å². The molecular formula is C18H31IN4O4S2. The van der Waals surface area contributed by atoms with Gasteiger partial charge in [0.2, 0.25) is 10.0 Å². The molecule has 29 heavy (non-hydrogen) atoms. The molecule has 0 spiro atoms. The molecule has 0 saturated carbocycles. The minimum absolute atomic E-state index is 0. The molecule has 1 aliphatic rings. The minimum atomic E-state index is -3.23. The maximum absolute atomic E-state index is 12.4. The second-order valence-electron chi connectivity index (χ2n) is 6.31. The van der Waals surface area contributed by atoms with Crippen LogP contribution in [0.25, 0.3) is 0 Å². The lowest BCUT2D eigenvalue weighted by Gasteiger charge is -2.25. The number of nitrogens with one attached hydrogen (secondary N) is 2. The summed E-state index contributed by atoms with van der Waals surface area (Å²) in [5.41, 5.74) is 0. The van der Waals surface area contributed by atoms with Crippen LogP contribution in [0.5, 0.6) is 11.5 Å². The Morgan fingerprint density at radius 2 is 1.97 bits per heavy atom. The average molecular weight is 559 g/mol. The first-order chi connectivity index (χ1) is 13.4. The first-order valence-electron chi connectivity index (χ1n) is 9.25. The molecule has 0 radical (unpaired) electrons. The zero-order valence-electron chi connectivity index (χ0n) is 17.1. The van der Waals surface area contributed by atoms with Crippen molar-refractivity contribution in [2.45, 2.75) is 13.0 Å². The van der Waals surface area contributed by atoms with Gasteiger partial charge < -0.3 is 20.1 Å². The van der Waals surface area contributed by atoms with Crippen molar-refractivity contribution >= 4 is 51.7 Å². The number of thioether (sulfide) groups is 1. The summed E-state index contributed by atoms with van der Waals surface area (Å²) < 4.78 is 37.4. The van der Waals surface area contributed by atoms with Gasteiger partial charge in [0.15, 0.2) is 5.96 Å². The fourth-order valence-electron chi connectivity index (χ4n) is 2.66. The lowest BCUT2D eigenvalue weighted by atomic mass is 10.3. The van der Waals surface area contributed by atoms with E-state index < -0.39 is 10.0 Å². The third-order valence-corrected chi connectivity index (χ3v) is 6.99. The van der Waals surface area contributed by atoms with E-state index in [0.717, 1.165) is 23.0 Å². The zero-order valence-corrected chi connectivity index (χ0v) is 21.1. The Bertz CT molecular complexity index is 743. The fourth-order valence-corrected chi connectivity index (χ4v) is 5.15. The molecule has 1 atom stereocenters. The second-order valence-corrected chi connectivity index (χ2v) is 9.63. The van der Waals surface area contributed by atoms with E-state index in [4.69, 9.17) is 9.47 Å². The summed E-state index contributed by atoms with van der Waals surface area (Å²) in [5.74, 6) is 3.78.